The van der Waals surface area contributed by atoms with Crippen LogP contribution in [0, 0.1) is 10.1 Å². The molecule has 1 aliphatic rings. The molecule has 4 nitrogen and oxygen atoms in total. The van der Waals surface area contributed by atoms with Gasteiger partial charge in [0.2, 0.25) is 0 Å². The standard InChI is InChI=1S/C7H12N2O2S2/c1-8(2)3-6-5-12-7(13-6)4-9(10)11/h4,6H,3,5H2,1-2H3. The van der Waals surface area contributed by atoms with Crippen LogP contribution >= 0.6 is 23.5 Å². The van der Waals surface area contributed by atoms with E-state index in [1.54, 1.807) is 23.5 Å². The lowest BCUT2D eigenvalue weighted by Gasteiger charge is -2.13. The minimum atomic E-state index is -0.382. The highest BCUT2D eigenvalue weighted by Gasteiger charge is 2.23. The summed E-state index contributed by atoms with van der Waals surface area (Å²) in [5, 5.41) is 10.7. The Balaban J connectivity index is 2.40. The number of rotatable bonds is 3. The van der Waals surface area contributed by atoms with Gasteiger partial charge in [-0.25, -0.2) is 0 Å². The Morgan fingerprint density at radius 2 is 2.46 bits per heavy atom. The summed E-state index contributed by atoms with van der Waals surface area (Å²) in [6.07, 6.45) is 1.10. The summed E-state index contributed by atoms with van der Waals surface area (Å²) in [4.78, 5) is 11.9. The summed E-state index contributed by atoms with van der Waals surface area (Å²) >= 11 is 3.18. The molecule has 0 spiro atoms. The van der Waals surface area contributed by atoms with E-state index in [2.05, 4.69) is 4.90 Å². The van der Waals surface area contributed by atoms with Gasteiger partial charge in [0.25, 0.3) is 6.20 Å². The maximum atomic E-state index is 10.2. The first-order valence-corrected chi connectivity index (χ1v) is 5.74. The Bertz CT molecular complexity index is 231. The van der Waals surface area contributed by atoms with Crippen LogP contribution in [0.25, 0.3) is 0 Å². The largest absolute Gasteiger partial charge is 0.308 e. The molecule has 1 fully saturated rings. The van der Waals surface area contributed by atoms with Crippen molar-refractivity contribution in [1.29, 1.82) is 0 Å². The highest BCUT2D eigenvalue weighted by atomic mass is 32.2. The van der Waals surface area contributed by atoms with Crippen LogP contribution in [0.15, 0.2) is 10.4 Å². The van der Waals surface area contributed by atoms with Crippen molar-refractivity contribution >= 4 is 23.5 Å². The zero-order valence-electron chi connectivity index (χ0n) is 7.60. The van der Waals surface area contributed by atoms with E-state index in [4.69, 9.17) is 0 Å². The highest BCUT2D eigenvalue weighted by Crippen LogP contribution is 2.41. The van der Waals surface area contributed by atoms with Gasteiger partial charge in [-0.2, -0.15) is 0 Å². The van der Waals surface area contributed by atoms with Gasteiger partial charge >= 0.3 is 0 Å². The Hall–Kier alpha value is -0.200. The predicted octanol–water partition coefficient (Wildman–Crippen LogP) is 1.47. The van der Waals surface area contributed by atoms with Crippen LogP contribution in [0.3, 0.4) is 0 Å². The smallest absolute Gasteiger partial charge is 0.254 e. The molecule has 0 bridgehead atoms. The van der Waals surface area contributed by atoms with E-state index in [1.807, 2.05) is 14.1 Å². The van der Waals surface area contributed by atoms with E-state index >= 15 is 0 Å². The van der Waals surface area contributed by atoms with Crippen molar-refractivity contribution in [1.82, 2.24) is 4.90 Å². The molecule has 0 aromatic heterocycles. The average Bonchev–Trinajstić information content (AvgIpc) is 2.33. The fourth-order valence-corrected chi connectivity index (χ4v) is 3.88. The molecule has 1 unspecified atom stereocenters. The van der Waals surface area contributed by atoms with Gasteiger partial charge in [-0.15, -0.1) is 23.5 Å². The first-order chi connectivity index (χ1) is 6.08. The second-order valence-corrected chi connectivity index (χ2v) is 5.71. The van der Waals surface area contributed by atoms with Crippen LogP contribution < -0.4 is 0 Å². The zero-order chi connectivity index (χ0) is 9.84. The third kappa shape index (κ3) is 4.02. The van der Waals surface area contributed by atoms with E-state index < -0.39 is 0 Å². The first kappa shape index (κ1) is 10.9. The van der Waals surface area contributed by atoms with E-state index in [9.17, 15) is 10.1 Å². The van der Waals surface area contributed by atoms with Crippen LogP contribution in [-0.4, -0.2) is 41.5 Å². The molecule has 1 aliphatic heterocycles. The van der Waals surface area contributed by atoms with Crippen LogP contribution in [0.4, 0.5) is 0 Å². The Morgan fingerprint density at radius 3 is 3.00 bits per heavy atom. The second-order valence-electron chi connectivity index (χ2n) is 3.05. The second kappa shape index (κ2) is 4.88. The summed E-state index contributed by atoms with van der Waals surface area (Å²) in [5.41, 5.74) is 0. The normalized spacial score (nSPS) is 25.8. The quantitative estimate of drug-likeness (QED) is 0.532. The van der Waals surface area contributed by atoms with Crippen LogP contribution in [0.5, 0.6) is 0 Å². The minimum absolute atomic E-state index is 0.382. The van der Waals surface area contributed by atoms with Gasteiger partial charge in [0.05, 0.1) is 4.92 Å². The molecule has 1 rings (SSSR count). The summed E-state index contributed by atoms with van der Waals surface area (Å²) in [7, 11) is 4.03. The maximum Gasteiger partial charge on any atom is 0.254 e. The Morgan fingerprint density at radius 1 is 1.77 bits per heavy atom. The summed E-state index contributed by atoms with van der Waals surface area (Å²) in [5.74, 6) is 0.975. The molecule has 1 atom stereocenters. The summed E-state index contributed by atoms with van der Waals surface area (Å²) in [6.45, 7) is 0.979. The SMILES string of the molecule is CN(C)CC1CSC(=C[N+](=O)[O-])S1. The molecule has 0 aromatic rings. The van der Waals surface area contributed by atoms with Gasteiger partial charge in [0, 0.05) is 17.5 Å². The zero-order valence-corrected chi connectivity index (χ0v) is 9.23. The van der Waals surface area contributed by atoms with Crippen LogP contribution in [0.2, 0.25) is 0 Å². The number of nitrogens with zero attached hydrogens (tertiary/aromatic N) is 2. The molecule has 0 aromatic carbocycles. The van der Waals surface area contributed by atoms with Crippen LogP contribution in [0.1, 0.15) is 0 Å². The lowest BCUT2D eigenvalue weighted by Crippen LogP contribution is -2.23. The molecule has 6 heteroatoms. The summed E-state index contributed by atoms with van der Waals surface area (Å²) in [6, 6.07) is 0. The maximum absolute atomic E-state index is 10.2. The lowest BCUT2D eigenvalue weighted by molar-refractivity contribution is -0.402. The average molecular weight is 220 g/mol. The van der Waals surface area contributed by atoms with Crippen molar-refractivity contribution < 1.29 is 4.92 Å². The van der Waals surface area contributed by atoms with Gasteiger partial charge in [0.1, 0.15) is 4.24 Å². The molecule has 13 heavy (non-hydrogen) atoms. The fourth-order valence-electron chi connectivity index (χ4n) is 1.06. The molecule has 1 heterocycles. The topological polar surface area (TPSA) is 46.4 Å². The van der Waals surface area contributed by atoms with Gasteiger partial charge in [0.15, 0.2) is 0 Å². The van der Waals surface area contributed by atoms with E-state index in [0.717, 1.165) is 22.7 Å². The van der Waals surface area contributed by atoms with Crippen molar-refractivity contribution in [3.63, 3.8) is 0 Å². The molecule has 0 N–H and O–H groups in total. The van der Waals surface area contributed by atoms with Gasteiger partial charge < -0.3 is 4.90 Å². The number of hydrogen-bond donors (Lipinski definition) is 0. The molecular weight excluding hydrogens is 208 g/mol. The minimum Gasteiger partial charge on any atom is -0.308 e. The Kier molecular flexibility index (Phi) is 4.08. The van der Waals surface area contributed by atoms with E-state index in [-0.39, 0.29) is 4.92 Å². The first-order valence-electron chi connectivity index (χ1n) is 3.87. The highest BCUT2D eigenvalue weighted by molar-refractivity contribution is 8.25. The molecule has 1 saturated heterocycles. The molecular formula is C7H12N2O2S2. The lowest BCUT2D eigenvalue weighted by atomic mass is 10.4. The number of hydrogen-bond acceptors (Lipinski definition) is 5. The molecule has 74 valence electrons. The van der Waals surface area contributed by atoms with Crippen LogP contribution in [-0.2, 0) is 0 Å². The Labute approximate surface area is 85.9 Å². The molecule has 0 radical (unpaired) electrons. The van der Waals surface area contributed by atoms with Gasteiger partial charge in [-0.05, 0) is 14.1 Å². The fraction of sp³-hybridized carbons (Fsp3) is 0.714. The molecule has 0 saturated carbocycles. The van der Waals surface area contributed by atoms with Gasteiger partial charge in [-0.1, -0.05) is 0 Å². The molecule has 0 amide bonds. The van der Waals surface area contributed by atoms with Crippen molar-refractivity contribution in [2.75, 3.05) is 26.4 Å². The van der Waals surface area contributed by atoms with Gasteiger partial charge in [-0.3, -0.25) is 10.1 Å². The summed E-state index contributed by atoms with van der Waals surface area (Å²) < 4.78 is 0.830. The van der Waals surface area contributed by atoms with Crippen molar-refractivity contribution in [2.45, 2.75) is 5.25 Å². The number of thioether (sulfide) groups is 2. The van der Waals surface area contributed by atoms with E-state index in [1.165, 1.54) is 0 Å². The van der Waals surface area contributed by atoms with Crippen molar-refractivity contribution in [3.05, 3.63) is 20.6 Å². The number of nitro groups is 1. The molecule has 0 aliphatic carbocycles. The van der Waals surface area contributed by atoms with Crippen molar-refractivity contribution in [3.8, 4) is 0 Å². The van der Waals surface area contributed by atoms with E-state index in [0.29, 0.717) is 5.25 Å². The predicted molar refractivity (Wildman–Crippen MR) is 57.5 cm³/mol. The monoisotopic (exact) mass is 220 g/mol. The van der Waals surface area contributed by atoms with Crippen molar-refractivity contribution in [2.24, 2.45) is 0 Å². The third-order valence-electron chi connectivity index (χ3n) is 1.47. The third-order valence-corrected chi connectivity index (χ3v) is 4.27.